The lowest BCUT2D eigenvalue weighted by Gasteiger charge is -2.39. The fourth-order valence-electron chi connectivity index (χ4n) is 3.44. The van der Waals surface area contributed by atoms with E-state index in [-0.39, 0.29) is 30.1 Å². The van der Waals surface area contributed by atoms with Gasteiger partial charge in [-0.15, -0.1) is 17.9 Å². The van der Waals surface area contributed by atoms with E-state index in [2.05, 4.69) is 23.0 Å². The van der Waals surface area contributed by atoms with Gasteiger partial charge in [0, 0.05) is 24.2 Å². The number of terminal acetylenes is 1. The third-order valence-electron chi connectivity index (χ3n) is 4.99. The van der Waals surface area contributed by atoms with Crippen molar-refractivity contribution >= 4 is 10.0 Å². The van der Waals surface area contributed by atoms with Crippen LogP contribution in [0.15, 0.2) is 21.3 Å². The van der Waals surface area contributed by atoms with Crippen LogP contribution in [0, 0.1) is 24.5 Å². The maximum Gasteiger partial charge on any atom is 0.434 e. The van der Waals surface area contributed by atoms with E-state index in [0.717, 1.165) is 29.1 Å². The average Bonchev–Trinajstić information content (AvgIpc) is 3.05. The summed E-state index contributed by atoms with van der Waals surface area (Å²) in [6.45, 7) is 1.76. The number of halogens is 2. The smallest absolute Gasteiger partial charge is 0.392 e. The van der Waals surface area contributed by atoms with Crippen LogP contribution >= 0.6 is 0 Å². The van der Waals surface area contributed by atoms with Gasteiger partial charge < -0.3 is 4.42 Å². The largest absolute Gasteiger partial charge is 0.434 e. The molecule has 7 nitrogen and oxygen atoms in total. The molecule has 158 valence electrons. The molecule has 1 N–H and O–H groups in total. The first-order chi connectivity index (χ1) is 13.7. The highest BCUT2D eigenvalue weighted by Gasteiger charge is 2.47. The zero-order valence-corrected chi connectivity index (χ0v) is 17.1. The second kappa shape index (κ2) is 8.88. The highest BCUT2D eigenvalue weighted by Crippen LogP contribution is 2.49. The summed E-state index contributed by atoms with van der Waals surface area (Å²) in [7, 11) is -3.55. The molecular formula is C19H23F2N3O4S. The van der Waals surface area contributed by atoms with E-state index in [1.807, 2.05) is 0 Å². The van der Waals surface area contributed by atoms with Gasteiger partial charge in [0.15, 0.2) is 0 Å². The molecule has 0 saturated heterocycles. The molecule has 0 atom stereocenters. The van der Waals surface area contributed by atoms with Crippen LogP contribution in [0.25, 0.3) is 0 Å². The predicted octanol–water partition coefficient (Wildman–Crippen LogP) is 2.53. The van der Waals surface area contributed by atoms with Crippen molar-refractivity contribution in [2.75, 3.05) is 12.8 Å². The third-order valence-corrected chi connectivity index (χ3v) is 6.24. The van der Waals surface area contributed by atoms with E-state index >= 15 is 0 Å². The lowest BCUT2D eigenvalue weighted by molar-refractivity contribution is 0.227. The van der Waals surface area contributed by atoms with Gasteiger partial charge in [0.1, 0.15) is 11.6 Å². The molecular weight excluding hydrogens is 404 g/mol. The maximum atomic E-state index is 14.9. The standard InChI is InChI=1S/C17H21F2N3O4S.C2H2/c1-3-7-22(27(2,24)25)10-11-8-14(19)12(9-13(11)18)17(5-4-6-17)15-20-21-16(23)26-15;1-2/h8-9H,3-7,10H2,1-2H3,(H,21,23);1-2H. The summed E-state index contributed by atoms with van der Waals surface area (Å²) in [5, 5.41) is 5.96. The van der Waals surface area contributed by atoms with E-state index in [0.29, 0.717) is 19.3 Å². The van der Waals surface area contributed by atoms with Gasteiger partial charge in [-0.25, -0.2) is 27.1 Å². The zero-order valence-electron chi connectivity index (χ0n) is 16.2. The molecule has 1 aromatic carbocycles. The van der Waals surface area contributed by atoms with Crippen molar-refractivity contribution in [3.8, 4) is 12.8 Å². The van der Waals surface area contributed by atoms with Crippen molar-refractivity contribution in [3.63, 3.8) is 0 Å². The molecule has 1 saturated carbocycles. The number of nitrogens with one attached hydrogen (secondary N) is 1. The quantitative estimate of drug-likeness (QED) is 0.685. The first-order valence-electron chi connectivity index (χ1n) is 9.00. The van der Waals surface area contributed by atoms with E-state index in [4.69, 9.17) is 4.42 Å². The minimum Gasteiger partial charge on any atom is -0.392 e. The zero-order chi connectivity index (χ0) is 21.8. The third kappa shape index (κ3) is 4.57. The van der Waals surface area contributed by atoms with E-state index in [1.54, 1.807) is 6.92 Å². The Kier molecular flexibility index (Phi) is 6.97. The molecule has 10 heteroatoms. The van der Waals surface area contributed by atoms with Crippen LogP contribution in [0.2, 0.25) is 0 Å². The summed E-state index contributed by atoms with van der Waals surface area (Å²) in [4.78, 5) is 11.3. The molecule has 1 heterocycles. The van der Waals surface area contributed by atoms with Gasteiger partial charge in [0.25, 0.3) is 0 Å². The molecule has 1 aliphatic rings. The van der Waals surface area contributed by atoms with Gasteiger partial charge in [0.2, 0.25) is 15.9 Å². The second-order valence-corrected chi connectivity index (χ2v) is 8.86. The molecule has 1 aliphatic carbocycles. The number of hydrogen-bond donors (Lipinski definition) is 1. The van der Waals surface area contributed by atoms with Crippen LogP contribution in [0.4, 0.5) is 8.78 Å². The topological polar surface area (TPSA) is 96.3 Å². The molecule has 0 unspecified atom stereocenters. The van der Waals surface area contributed by atoms with E-state index < -0.39 is 32.8 Å². The summed E-state index contributed by atoms with van der Waals surface area (Å²) in [6.07, 6.45) is 11.3. The molecule has 0 radical (unpaired) electrons. The Morgan fingerprint density at radius 2 is 1.93 bits per heavy atom. The van der Waals surface area contributed by atoms with Gasteiger partial charge >= 0.3 is 5.76 Å². The van der Waals surface area contributed by atoms with Crippen LogP contribution < -0.4 is 5.76 Å². The van der Waals surface area contributed by atoms with Crippen molar-refractivity contribution in [2.45, 2.75) is 44.6 Å². The number of H-pyrrole nitrogens is 1. The summed E-state index contributed by atoms with van der Waals surface area (Å²) < 4.78 is 59.4. The first kappa shape index (κ1) is 22.8. The molecule has 1 fully saturated rings. The maximum absolute atomic E-state index is 14.9. The molecule has 3 rings (SSSR count). The highest BCUT2D eigenvalue weighted by atomic mass is 32.2. The Bertz CT molecular complexity index is 1040. The molecule has 29 heavy (non-hydrogen) atoms. The fourth-order valence-corrected chi connectivity index (χ4v) is 4.33. The number of sulfonamides is 1. The van der Waals surface area contributed by atoms with Crippen LogP contribution in [0.1, 0.15) is 49.6 Å². The molecule has 1 aromatic heterocycles. The fraction of sp³-hybridized carbons (Fsp3) is 0.474. The van der Waals surface area contributed by atoms with Crippen LogP contribution in [0.5, 0.6) is 0 Å². The summed E-state index contributed by atoms with van der Waals surface area (Å²) in [6, 6.07) is 2.08. The Morgan fingerprint density at radius 1 is 1.28 bits per heavy atom. The molecule has 0 bridgehead atoms. The number of aromatic amines is 1. The Morgan fingerprint density at radius 3 is 2.38 bits per heavy atom. The average molecular weight is 427 g/mol. The van der Waals surface area contributed by atoms with Crippen molar-refractivity contribution in [1.82, 2.24) is 14.5 Å². The normalized spacial score (nSPS) is 15.4. The Labute approximate surface area is 168 Å². The Balaban J connectivity index is 0.00000145. The van der Waals surface area contributed by atoms with Gasteiger partial charge in [-0.1, -0.05) is 13.3 Å². The molecule has 0 aliphatic heterocycles. The predicted molar refractivity (Wildman–Crippen MR) is 104 cm³/mol. The lowest BCUT2D eigenvalue weighted by Crippen LogP contribution is -2.37. The monoisotopic (exact) mass is 427 g/mol. The van der Waals surface area contributed by atoms with E-state index in [9.17, 15) is 22.0 Å². The van der Waals surface area contributed by atoms with Crippen LogP contribution in [0.3, 0.4) is 0 Å². The SMILES string of the molecule is C#C.CCCN(Cc1cc(F)c(C2(c3n[nH]c(=O)o3)CCC2)cc1F)S(C)(=O)=O. The number of hydrogen-bond acceptors (Lipinski definition) is 5. The minimum atomic E-state index is -3.55. The number of nitrogens with zero attached hydrogens (tertiary/aromatic N) is 2. The summed E-state index contributed by atoms with van der Waals surface area (Å²) in [5.41, 5.74) is -0.970. The van der Waals surface area contributed by atoms with Crippen LogP contribution in [-0.4, -0.2) is 35.7 Å². The van der Waals surface area contributed by atoms with Crippen molar-refractivity contribution in [3.05, 3.63) is 51.3 Å². The van der Waals surface area contributed by atoms with Crippen molar-refractivity contribution < 1.29 is 21.6 Å². The Hall–Kier alpha value is -2.51. The van der Waals surface area contributed by atoms with Crippen molar-refractivity contribution in [2.24, 2.45) is 0 Å². The molecule has 0 spiro atoms. The highest BCUT2D eigenvalue weighted by molar-refractivity contribution is 7.88. The molecule has 2 aromatic rings. The van der Waals surface area contributed by atoms with Gasteiger partial charge in [-0.3, -0.25) is 0 Å². The molecule has 0 amide bonds. The van der Waals surface area contributed by atoms with Gasteiger partial charge in [-0.05, 0) is 31.4 Å². The van der Waals surface area contributed by atoms with Gasteiger partial charge in [-0.2, -0.15) is 4.31 Å². The lowest BCUT2D eigenvalue weighted by atomic mass is 9.64. The summed E-state index contributed by atoms with van der Waals surface area (Å²) >= 11 is 0. The summed E-state index contributed by atoms with van der Waals surface area (Å²) in [5.74, 6) is -2.10. The van der Waals surface area contributed by atoms with Crippen molar-refractivity contribution in [1.29, 1.82) is 0 Å². The number of rotatable bonds is 7. The van der Waals surface area contributed by atoms with Gasteiger partial charge in [0.05, 0.1) is 11.7 Å². The van der Waals surface area contributed by atoms with Crippen LogP contribution in [-0.2, 0) is 22.0 Å². The second-order valence-electron chi connectivity index (χ2n) is 6.87. The van der Waals surface area contributed by atoms with E-state index in [1.165, 1.54) is 0 Å². The number of aromatic nitrogens is 2. The minimum absolute atomic E-state index is 0.0357. The first-order valence-corrected chi connectivity index (χ1v) is 10.8. The number of benzene rings is 1.